The molecule has 0 bridgehead atoms. The van der Waals surface area contributed by atoms with Gasteiger partial charge in [-0.1, -0.05) is 39.7 Å². The Kier molecular flexibility index (Phi) is 4.61. The first-order valence-electron chi connectivity index (χ1n) is 5.71. The number of benzene rings is 2. The Hall–Kier alpha value is -1.32. The number of carbonyl (C=O) groups excluding carboxylic acids is 1. The Balaban J connectivity index is 2.23. The molecule has 0 unspecified atom stereocenters. The van der Waals surface area contributed by atoms with E-state index in [1.54, 1.807) is 25.3 Å². The first kappa shape index (κ1) is 14.1. The highest BCUT2D eigenvalue weighted by atomic mass is 79.9. The fraction of sp³-hybridized carbons (Fsp3) is 0.133. The van der Waals surface area contributed by atoms with Crippen LogP contribution in [-0.2, 0) is 6.42 Å². The van der Waals surface area contributed by atoms with Gasteiger partial charge in [0.15, 0.2) is 5.78 Å². The highest BCUT2D eigenvalue weighted by Gasteiger charge is 2.12. The lowest BCUT2D eigenvalue weighted by Gasteiger charge is -2.06. The molecule has 4 heteroatoms. The van der Waals surface area contributed by atoms with Crippen molar-refractivity contribution >= 4 is 33.3 Å². The first-order valence-corrected chi connectivity index (χ1v) is 6.88. The summed E-state index contributed by atoms with van der Waals surface area (Å²) in [4.78, 5) is 12.3. The molecular formula is C15H12BrClO2. The molecule has 2 aromatic rings. The van der Waals surface area contributed by atoms with Crippen molar-refractivity contribution in [1.82, 2.24) is 0 Å². The molecule has 0 atom stereocenters. The van der Waals surface area contributed by atoms with Gasteiger partial charge in [0.2, 0.25) is 0 Å². The van der Waals surface area contributed by atoms with E-state index in [4.69, 9.17) is 16.3 Å². The third-order valence-electron chi connectivity index (χ3n) is 2.73. The van der Waals surface area contributed by atoms with E-state index in [0.717, 1.165) is 15.8 Å². The van der Waals surface area contributed by atoms with E-state index in [1.165, 1.54) is 0 Å². The Labute approximate surface area is 125 Å². The van der Waals surface area contributed by atoms with E-state index >= 15 is 0 Å². The van der Waals surface area contributed by atoms with E-state index in [0.29, 0.717) is 17.0 Å². The van der Waals surface area contributed by atoms with Crippen molar-refractivity contribution in [2.75, 3.05) is 7.11 Å². The van der Waals surface area contributed by atoms with Crippen LogP contribution >= 0.6 is 27.5 Å². The lowest BCUT2D eigenvalue weighted by molar-refractivity contribution is 0.0992. The molecule has 0 aliphatic heterocycles. The monoisotopic (exact) mass is 338 g/mol. The van der Waals surface area contributed by atoms with Gasteiger partial charge in [-0.3, -0.25) is 4.79 Å². The summed E-state index contributed by atoms with van der Waals surface area (Å²) in [6.45, 7) is 0. The SMILES string of the molecule is COc1cccc(CC(=O)c2cc(Cl)ccc2Br)c1. The predicted octanol–water partition coefficient (Wildman–Crippen LogP) is 4.54. The van der Waals surface area contributed by atoms with Crippen LogP contribution in [0.25, 0.3) is 0 Å². The minimum atomic E-state index is 0.0163. The van der Waals surface area contributed by atoms with E-state index in [2.05, 4.69) is 15.9 Å². The highest BCUT2D eigenvalue weighted by molar-refractivity contribution is 9.10. The predicted molar refractivity (Wildman–Crippen MR) is 80.2 cm³/mol. The summed E-state index contributed by atoms with van der Waals surface area (Å²) in [5.74, 6) is 0.762. The smallest absolute Gasteiger partial charge is 0.168 e. The third kappa shape index (κ3) is 3.58. The molecule has 0 radical (unpaired) electrons. The van der Waals surface area contributed by atoms with Crippen LogP contribution in [0.4, 0.5) is 0 Å². The number of carbonyl (C=O) groups is 1. The van der Waals surface area contributed by atoms with E-state index in [-0.39, 0.29) is 5.78 Å². The zero-order valence-electron chi connectivity index (χ0n) is 10.3. The van der Waals surface area contributed by atoms with Crippen molar-refractivity contribution in [1.29, 1.82) is 0 Å². The van der Waals surface area contributed by atoms with Gasteiger partial charge in [0.25, 0.3) is 0 Å². The summed E-state index contributed by atoms with van der Waals surface area (Å²) < 4.78 is 5.90. The molecule has 0 aromatic heterocycles. The molecule has 19 heavy (non-hydrogen) atoms. The average Bonchev–Trinajstić information content (AvgIpc) is 2.41. The Bertz CT molecular complexity index is 611. The molecule has 2 nitrogen and oxygen atoms in total. The van der Waals surface area contributed by atoms with Gasteiger partial charge in [0.05, 0.1) is 7.11 Å². The number of ether oxygens (including phenoxy) is 1. The molecule has 0 saturated carbocycles. The Morgan fingerprint density at radius 3 is 2.79 bits per heavy atom. The molecule has 0 spiro atoms. The Morgan fingerprint density at radius 1 is 1.26 bits per heavy atom. The summed E-state index contributed by atoms with van der Waals surface area (Å²) in [6, 6.07) is 12.7. The molecule has 0 amide bonds. The zero-order valence-corrected chi connectivity index (χ0v) is 12.7. The van der Waals surface area contributed by atoms with E-state index in [1.807, 2.05) is 24.3 Å². The third-order valence-corrected chi connectivity index (χ3v) is 3.65. The standard InChI is InChI=1S/C15H12BrClO2/c1-19-12-4-2-3-10(7-12)8-15(18)13-9-11(17)5-6-14(13)16/h2-7,9H,8H2,1H3. The van der Waals surface area contributed by atoms with Crippen molar-refractivity contribution < 1.29 is 9.53 Å². The molecule has 2 aromatic carbocycles. The van der Waals surface area contributed by atoms with Gasteiger partial charge in [-0.2, -0.15) is 0 Å². The van der Waals surface area contributed by atoms with Crippen LogP contribution in [0.2, 0.25) is 5.02 Å². The maximum atomic E-state index is 12.3. The zero-order chi connectivity index (χ0) is 13.8. The van der Waals surface area contributed by atoms with Crippen LogP contribution in [0.3, 0.4) is 0 Å². The molecule has 0 heterocycles. The van der Waals surface area contributed by atoms with Crippen LogP contribution in [0.15, 0.2) is 46.9 Å². The number of Topliss-reactive ketones (excluding diaryl/α,β-unsaturated/α-hetero) is 1. The van der Waals surface area contributed by atoms with Crippen molar-refractivity contribution in [2.45, 2.75) is 6.42 Å². The minimum absolute atomic E-state index is 0.0163. The molecule has 0 saturated heterocycles. The molecule has 0 aliphatic carbocycles. The maximum absolute atomic E-state index is 12.3. The van der Waals surface area contributed by atoms with E-state index in [9.17, 15) is 4.79 Å². The topological polar surface area (TPSA) is 26.3 Å². The summed E-state index contributed by atoms with van der Waals surface area (Å²) in [5, 5.41) is 0.553. The van der Waals surface area contributed by atoms with Crippen molar-refractivity contribution in [3.05, 3.63) is 63.1 Å². The van der Waals surface area contributed by atoms with Crippen molar-refractivity contribution in [3.8, 4) is 5.75 Å². The van der Waals surface area contributed by atoms with Gasteiger partial charge in [-0.05, 0) is 35.9 Å². The molecule has 0 fully saturated rings. The second-order valence-corrected chi connectivity index (χ2v) is 5.37. The van der Waals surface area contributed by atoms with Crippen LogP contribution in [0.1, 0.15) is 15.9 Å². The van der Waals surface area contributed by atoms with E-state index < -0.39 is 0 Å². The van der Waals surface area contributed by atoms with Crippen LogP contribution in [0, 0.1) is 0 Å². The second kappa shape index (κ2) is 6.22. The van der Waals surface area contributed by atoms with Crippen LogP contribution < -0.4 is 4.74 Å². The summed E-state index contributed by atoms with van der Waals surface area (Å²) >= 11 is 9.29. The fourth-order valence-electron chi connectivity index (χ4n) is 1.77. The Morgan fingerprint density at radius 2 is 2.05 bits per heavy atom. The largest absolute Gasteiger partial charge is 0.497 e. The van der Waals surface area contributed by atoms with Crippen LogP contribution in [-0.4, -0.2) is 12.9 Å². The first-order chi connectivity index (χ1) is 9.10. The maximum Gasteiger partial charge on any atom is 0.168 e. The number of ketones is 1. The molecule has 0 N–H and O–H groups in total. The molecule has 98 valence electrons. The van der Waals surface area contributed by atoms with Crippen molar-refractivity contribution in [2.24, 2.45) is 0 Å². The van der Waals surface area contributed by atoms with Gasteiger partial charge in [-0.25, -0.2) is 0 Å². The summed E-state index contributed by atoms with van der Waals surface area (Å²) in [6.07, 6.45) is 0.316. The normalized spacial score (nSPS) is 10.3. The number of rotatable bonds is 4. The quantitative estimate of drug-likeness (QED) is 0.765. The number of halogens is 2. The highest BCUT2D eigenvalue weighted by Crippen LogP contribution is 2.23. The van der Waals surface area contributed by atoms with Gasteiger partial charge in [-0.15, -0.1) is 0 Å². The minimum Gasteiger partial charge on any atom is -0.497 e. The van der Waals surface area contributed by atoms with Gasteiger partial charge >= 0.3 is 0 Å². The average molecular weight is 340 g/mol. The van der Waals surface area contributed by atoms with Gasteiger partial charge in [0, 0.05) is 21.5 Å². The molecule has 2 rings (SSSR count). The summed E-state index contributed by atoms with van der Waals surface area (Å²) in [5.41, 5.74) is 1.51. The molecule has 0 aliphatic rings. The van der Waals surface area contributed by atoms with Gasteiger partial charge < -0.3 is 4.74 Å². The second-order valence-electron chi connectivity index (χ2n) is 4.08. The van der Waals surface area contributed by atoms with Crippen LogP contribution in [0.5, 0.6) is 5.75 Å². The number of hydrogen-bond donors (Lipinski definition) is 0. The summed E-state index contributed by atoms with van der Waals surface area (Å²) in [7, 11) is 1.61. The lowest BCUT2D eigenvalue weighted by atomic mass is 10.0. The fourth-order valence-corrected chi connectivity index (χ4v) is 2.41. The van der Waals surface area contributed by atoms with Gasteiger partial charge in [0.1, 0.15) is 5.75 Å². The number of methoxy groups -OCH3 is 1. The number of hydrogen-bond acceptors (Lipinski definition) is 2. The lowest BCUT2D eigenvalue weighted by Crippen LogP contribution is -2.04. The molecular weight excluding hydrogens is 328 g/mol. The van der Waals surface area contributed by atoms with Crippen molar-refractivity contribution in [3.63, 3.8) is 0 Å².